The zero-order valence-electron chi connectivity index (χ0n) is 14.9. The topological polar surface area (TPSA) is 52.7 Å². The van der Waals surface area contributed by atoms with Crippen molar-refractivity contribution in [2.24, 2.45) is 5.92 Å². The Kier molecular flexibility index (Phi) is 6.63. The van der Waals surface area contributed by atoms with Gasteiger partial charge in [-0.2, -0.15) is 13.2 Å². The first-order valence-corrected chi connectivity index (χ1v) is 8.60. The fourth-order valence-electron chi connectivity index (χ4n) is 2.87. The number of halogens is 3. The molecular weight excluding hydrogens is 347 g/mol. The molecule has 1 saturated heterocycles. The normalized spacial score (nSPS) is 17.2. The van der Waals surface area contributed by atoms with Gasteiger partial charge in [0, 0.05) is 32.1 Å². The number of nitrogens with one attached hydrogen (secondary N) is 1. The summed E-state index contributed by atoms with van der Waals surface area (Å²) in [5, 5.41) is 2.74. The van der Waals surface area contributed by atoms with Gasteiger partial charge in [-0.1, -0.05) is 44.2 Å². The molecule has 1 heterocycles. The third-order valence-electron chi connectivity index (χ3n) is 4.32. The second kappa shape index (κ2) is 8.53. The van der Waals surface area contributed by atoms with Gasteiger partial charge in [-0.3, -0.25) is 9.69 Å². The van der Waals surface area contributed by atoms with Crippen LogP contribution in [0.15, 0.2) is 30.3 Å². The van der Waals surface area contributed by atoms with Gasteiger partial charge in [0.25, 0.3) is 0 Å². The van der Waals surface area contributed by atoms with Crippen LogP contribution in [-0.4, -0.2) is 60.5 Å². The molecule has 0 radical (unpaired) electrons. The first kappa shape index (κ1) is 20.2. The number of piperazine rings is 1. The van der Waals surface area contributed by atoms with Crippen molar-refractivity contribution in [2.45, 2.75) is 26.1 Å². The number of amides is 2. The van der Waals surface area contributed by atoms with Gasteiger partial charge in [0.2, 0.25) is 0 Å². The van der Waals surface area contributed by atoms with Crippen molar-refractivity contribution in [1.29, 1.82) is 0 Å². The Bertz CT molecular complexity index is 612. The Morgan fingerprint density at radius 2 is 1.65 bits per heavy atom. The van der Waals surface area contributed by atoms with E-state index in [0.717, 1.165) is 0 Å². The van der Waals surface area contributed by atoms with Crippen LogP contribution in [-0.2, 0) is 4.79 Å². The van der Waals surface area contributed by atoms with Crippen LogP contribution in [0.4, 0.5) is 18.0 Å². The van der Waals surface area contributed by atoms with Crippen LogP contribution in [0, 0.1) is 5.92 Å². The van der Waals surface area contributed by atoms with E-state index in [1.54, 1.807) is 38.1 Å². The molecule has 1 aromatic rings. The summed E-state index contributed by atoms with van der Waals surface area (Å²) in [7, 11) is 0. The molecule has 2 rings (SSSR count). The van der Waals surface area contributed by atoms with Gasteiger partial charge in [-0.25, -0.2) is 4.79 Å². The highest BCUT2D eigenvalue weighted by Gasteiger charge is 2.33. The predicted octanol–water partition coefficient (Wildman–Crippen LogP) is 2.84. The first-order valence-electron chi connectivity index (χ1n) is 8.60. The molecule has 0 bridgehead atoms. The van der Waals surface area contributed by atoms with E-state index in [-0.39, 0.29) is 37.9 Å². The lowest BCUT2D eigenvalue weighted by Crippen LogP contribution is -2.54. The quantitative estimate of drug-likeness (QED) is 0.866. The second-order valence-electron chi connectivity index (χ2n) is 6.73. The van der Waals surface area contributed by atoms with Crippen LogP contribution in [0.25, 0.3) is 0 Å². The number of Topliss-reactive ketones (excluding diaryl/α,β-unsaturated/α-hetero) is 1. The van der Waals surface area contributed by atoms with Gasteiger partial charge < -0.3 is 10.2 Å². The number of hydrogen-bond acceptors (Lipinski definition) is 3. The minimum atomic E-state index is -4.24. The highest BCUT2D eigenvalue weighted by molar-refractivity contribution is 5.90. The molecule has 8 heteroatoms. The van der Waals surface area contributed by atoms with Crippen molar-refractivity contribution in [2.75, 3.05) is 32.7 Å². The smallest absolute Gasteiger partial charge is 0.324 e. The summed E-state index contributed by atoms with van der Waals surface area (Å²) in [6.07, 6.45) is -4.24. The van der Waals surface area contributed by atoms with Crippen molar-refractivity contribution in [3.63, 3.8) is 0 Å². The Hall–Kier alpha value is -2.09. The first-order chi connectivity index (χ1) is 12.2. The number of alkyl halides is 3. The van der Waals surface area contributed by atoms with E-state index in [4.69, 9.17) is 0 Å². The zero-order chi connectivity index (χ0) is 19.3. The minimum Gasteiger partial charge on any atom is -0.324 e. The summed E-state index contributed by atoms with van der Waals surface area (Å²) < 4.78 is 37.3. The van der Waals surface area contributed by atoms with Crippen molar-refractivity contribution < 1.29 is 22.8 Å². The number of urea groups is 1. The van der Waals surface area contributed by atoms with Crippen LogP contribution in [0.1, 0.15) is 25.5 Å². The van der Waals surface area contributed by atoms with E-state index < -0.39 is 24.8 Å². The number of ketones is 1. The van der Waals surface area contributed by atoms with E-state index in [9.17, 15) is 22.8 Å². The van der Waals surface area contributed by atoms with Crippen LogP contribution >= 0.6 is 0 Å². The Morgan fingerprint density at radius 3 is 2.15 bits per heavy atom. The summed E-state index contributed by atoms with van der Waals surface area (Å²) in [6.45, 7) is 3.25. The summed E-state index contributed by atoms with van der Waals surface area (Å²) >= 11 is 0. The summed E-state index contributed by atoms with van der Waals surface area (Å²) in [5.41, 5.74) is 0.690. The van der Waals surface area contributed by atoms with Crippen LogP contribution in [0.2, 0.25) is 0 Å². The number of benzene rings is 1. The SMILES string of the molecule is CC(C)C(=O)[C@H](NC(=O)N1CCN(CC(F)(F)F)CC1)c1ccccc1. The number of nitrogens with zero attached hydrogens (tertiary/aromatic N) is 2. The van der Waals surface area contributed by atoms with Gasteiger partial charge in [-0.05, 0) is 5.56 Å². The fourth-order valence-corrected chi connectivity index (χ4v) is 2.87. The lowest BCUT2D eigenvalue weighted by Gasteiger charge is -2.35. The predicted molar refractivity (Wildman–Crippen MR) is 91.6 cm³/mol. The van der Waals surface area contributed by atoms with E-state index in [0.29, 0.717) is 5.56 Å². The Labute approximate surface area is 151 Å². The van der Waals surface area contributed by atoms with Crippen LogP contribution < -0.4 is 5.32 Å². The summed E-state index contributed by atoms with van der Waals surface area (Å²) in [6, 6.07) is 7.74. The van der Waals surface area contributed by atoms with E-state index in [2.05, 4.69) is 5.32 Å². The molecule has 0 spiro atoms. The average molecular weight is 371 g/mol. The van der Waals surface area contributed by atoms with E-state index >= 15 is 0 Å². The highest BCUT2D eigenvalue weighted by atomic mass is 19.4. The Balaban J connectivity index is 1.99. The van der Waals surface area contributed by atoms with E-state index in [1.807, 2.05) is 6.07 Å². The lowest BCUT2D eigenvalue weighted by atomic mass is 9.95. The Morgan fingerprint density at radius 1 is 1.08 bits per heavy atom. The molecule has 1 aromatic carbocycles. The van der Waals surface area contributed by atoms with Crippen molar-refractivity contribution in [3.8, 4) is 0 Å². The average Bonchev–Trinajstić information content (AvgIpc) is 2.58. The molecule has 1 aliphatic rings. The zero-order valence-corrected chi connectivity index (χ0v) is 14.9. The number of rotatable bonds is 5. The number of carbonyl (C=O) groups is 2. The van der Waals surface area contributed by atoms with Crippen LogP contribution in [0.5, 0.6) is 0 Å². The fraction of sp³-hybridized carbons (Fsp3) is 0.556. The maximum absolute atomic E-state index is 12.5. The molecule has 1 atom stereocenters. The maximum Gasteiger partial charge on any atom is 0.401 e. The molecule has 144 valence electrons. The molecule has 0 aliphatic carbocycles. The maximum atomic E-state index is 12.5. The van der Waals surface area contributed by atoms with Crippen LogP contribution in [0.3, 0.4) is 0 Å². The largest absolute Gasteiger partial charge is 0.401 e. The molecule has 0 unspecified atom stereocenters. The van der Waals surface area contributed by atoms with Gasteiger partial charge >= 0.3 is 12.2 Å². The molecule has 1 N–H and O–H groups in total. The molecule has 26 heavy (non-hydrogen) atoms. The summed E-state index contributed by atoms with van der Waals surface area (Å²) in [4.78, 5) is 27.8. The van der Waals surface area contributed by atoms with Gasteiger partial charge in [0.1, 0.15) is 6.04 Å². The highest BCUT2D eigenvalue weighted by Crippen LogP contribution is 2.20. The molecule has 0 aromatic heterocycles. The third kappa shape index (κ3) is 5.72. The molecule has 2 amide bonds. The van der Waals surface area contributed by atoms with Gasteiger partial charge in [-0.15, -0.1) is 0 Å². The standard InChI is InChI=1S/C18H24F3N3O2/c1-13(2)16(25)15(14-6-4-3-5-7-14)22-17(26)24-10-8-23(9-11-24)12-18(19,20)21/h3-7,13,15H,8-12H2,1-2H3,(H,22,26)/t15-/m1/s1. The number of carbonyl (C=O) groups excluding carboxylic acids is 2. The number of hydrogen-bond donors (Lipinski definition) is 1. The third-order valence-corrected chi connectivity index (χ3v) is 4.32. The lowest BCUT2D eigenvalue weighted by molar-refractivity contribution is -0.148. The molecule has 1 fully saturated rings. The summed E-state index contributed by atoms with van der Waals surface area (Å²) in [5.74, 6) is -0.371. The van der Waals surface area contributed by atoms with Crippen molar-refractivity contribution >= 4 is 11.8 Å². The molecule has 5 nitrogen and oxygen atoms in total. The van der Waals surface area contributed by atoms with Gasteiger partial charge in [0.05, 0.1) is 6.54 Å². The van der Waals surface area contributed by atoms with E-state index in [1.165, 1.54) is 9.80 Å². The van der Waals surface area contributed by atoms with Gasteiger partial charge in [0.15, 0.2) is 5.78 Å². The minimum absolute atomic E-state index is 0.111. The molecule has 1 aliphatic heterocycles. The second-order valence-corrected chi connectivity index (χ2v) is 6.73. The van der Waals surface area contributed by atoms with Crippen molar-refractivity contribution in [1.82, 2.24) is 15.1 Å². The molecule has 0 saturated carbocycles. The monoisotopic (exact) mass is 371 g/mol. The molecular formula is C18H24F3N3O2. The van der Waals surface area contributed by atoms with Crippen molar-refractivity contribution in [3.05, 3.63) is 35.9 Å².